The van der Waals surface area contributed by atoms with Gasteiger partial charge in [0.15, 0.2) is 0 Å². The summed E-state index contributed by atoms with van der Waals surface area (Å²) >= 11 is 0. The van der Waals surface area contributed by atoms with Gasteiger partial charge in [0.05, 0.1) is 6.61 Å². The van der Waals surface area contributed by atoms with Gasteiger partial charge < -0.3 is 10.4 Å². The van der Waals surface area contributed by atoms with Crippen molar-refractivity contribution in [1.82, 2.24) is 10.2 Å². The first kappa shape index (κ1) is 10.4. The van der Waals surface area contributed by atoms with E-state index in [1.807, 2.05) is 0 Å². The van der Waals surface area contributed by atoms with Crippen LogP contribution in [-0.2, 0) is 0 Å². The predicted molar refractivity (Wildman–Crippen MR) is 57.3 cm³/mol. The van der Waals surface area contributed by atoms with Crippen LogP contribution in [0, 0.1) is 0 Å². The van der Waals surface area contributed by atoms with Gasteiger partial charge in [-0.25, -0.2) is 0 Å². The SMILES string of the molecule is CCC(CO)NC1CCN2CCCC12. The highest BCUT2D eigenvalue weighted by atomic mass is 16.3. The van der Waals surface area contributed by atoms with Crippen LogP contribution in [0.1, 0.15) is 32.6 Å². The number of aliphatic hydroxyl groups is 1. The van der Waals surface area contributed by atoms with Gasteiger partial charge in [-0.2, -0.15) is 0 Å². The lowest BCUT2D eigenvalue weighted by Crippen LogP contribution is -2.45. The van der Waals surface area contributed by atoms with Gasteiger partial charge in [0, 0.05) is 24.7 Å². The topological polar surface area (TPSA) is 35.5 Å². The molecule has 0 spiro atoms. The molecular weight excluding hydrogens is 176 g/mol. The summed E-state index contributed by atoms with van der Waals surface area (Å²) in [7, 11) is 0. The molecular formula is C11H22N2O. The fourth-order valence-electron chi connectivity index (χ4n) is 2.88. The van der Waals surface area contributed by atoms with Crippen molar-refractivity contribution in [3.05, 3.63) is 0 Å². The van der Waals surface area contributed by atoms with Crippen molar-refractivity contribution >= 4 is 0 Å². The maximum atomic E-state index is 9.15. The highest BCUT2D eigenvalue weighted by Crippen LogP contribution is 2.28. The fourth-order valence-corrected chi connectivity index (χ4v) is 2.88. The highest BCUT2D eigenvalue weighted by Gasteiger charge is 2.37. The molecule has 82 valence electrons. The first-order chi connectivity index (χ1) is 6.85. The Balaban J connectivity index is 1.86. The lowest BCUT2D eigenvalue weighted by Gasteiger charge is -2.25. The molecule has 3 nitrogen and oxygen atoms in total. The van der Waals surface area contributed by atoms with Crippen LogP contribution in [0.25, 0.3) is 0 Å². The Morgan fingerprint density at radius 2 is 2.29 bits per heavy atom. The van der Waals surface area contributed by atoms with Crippen LogP contribution in [-0.4, -0.2) is 47.8 Å². The monoisotopic (exact) mass is 198 g/mol. The van der Waals surface area contributed by atoms with E-state index in [4.69, 9.17) is 5.11 Å². The van der Waals surface area contributed by atoms with E-state index in [1.165, 1.54) is 32.4 Å². The Morgan fingerprint density at radius 1 is 1.43 bits per heavy atom. The Kier molecular flexibility index (Phi) is 3.42. The van der Waals surface area contributed by atoms with E-state index in [2.05, 4.69) is 17.1 Å². The van der Waals surface area contributed by atoms with Gasteiger partial charge in [0.1, 0.15) is 0 Å². The highest BCUT2D eigenvalue weighted by molar-refractivity contribution is 4.96. The Bertz CT molecular complexity index is 182. The van der Waals surface area contributed by atoms with E-state index in [0.29, 0.717) is 12.1 Å². The molecule has 2 aliphatic rings. The second kappa shape index (κ2) is 4.60. The number of aliphatic hydroxyl groups excluding tert-OH is 1. The normalized spacial score (nSPS) is 34.7. The van der Waals surface area contributed by atoms with E-state index < -0.39 is 0 Å². The molecule has 2 fully saturated rings. The molecule has 2 aliphatic heterocycles. The fraction of sp³-hybridized carbons (Fsp3) is 1.00. The standard InChI is InChI=1S/C11H22N2O/c1-2-9(8-14)12-10-5-7-13-6-3-4-11(10)13/h9-12,14H,2-8H2,1H3. The summed E-state index contributed by atoms with van der Waals surface area (Å²) in [5, 5.41) is 12.7. The third-order valence-electron chi connectivity index (χ3n) is 3.77. The van der Waals surface area contributed by atoms with Gasteiger partial charge in [-0.1, -0.05) is 6.92 Å². The van der Waals surface area contributed by atoms with Crippen molar-refractivity contribution in [3.63, 3.8) is 0 Å². The predicted octanol–water partition coefficient (Wildman–Crippen LogP) is 0.584. The van der Waals surface area contributed by atoms with Crippen LogP contribution >= 0.6 is 0 Å². The molecule has 0 aliphatic carbocycles. The number of rotatable bonds is 4. The number of fused-ring (bicyclic) bond motifs is 1. The molecule has 3 atom stereocenters. The van der Waals surface area contributed by atoms with Gasteiger partial charge >= 0.3 is 0 Å². The third-order valence-corrected chi connectivity index (χ3v) is 3.77. The van der Waals surface area contributed by atoms with Crippen molar-refractivity contribution in [2.75, 3.05) is 19.7 Å². The smallest absolute Gasteiger partial charge is 0.0584 e. The van der Waals surface area contributed by atoms with Crippen LogP contribution in [0.2, 0.25) is 0 Å². The maximum absolute atomic E-state index is 9.15. The molecule has 0 saturated carbocycles. The van der Waals surface area contributed by atoms with Crippen molar-refractivity contribution in [1.29, 1.82) is 0 Å². The molecule has 2 saturated heterocycles. The summed E-state index contributed by atoms with van der Waals surface area (Å²) < 4.78 is 0. The lowest BCUT2D eigenvalue weighted by molar-refractivity contribution is 0.214. The summed E-state index contributed by atoms with van der Waals surface area (Å²) in [4.78, 5) is 2.60. The van der Waals surface area contributed by atoms with E-state index in [-0.39, 0.29) is 6.61 Å². The molecule has 0 bridgehead atoms. The maximum Gasteiger partial charge on any atom is 0.0584 e. The van der Waals surface area contributed by atoms with E-state index >= 15 is 0 Å². The summed E-state index contributed by atoms with van der Waals surface area (Å²) in [5.41, 5.74) is 0. The number of hydrogen-bond acceptors (Lipinski definition) is 3. The van der Waals surface area contributed by atoms with Crippen LogP contribution in [0.4, 0.5) is 0 Å². The third kappa shape index (κ3) is 1.95. The van der Waals surface area contributed by atoms with Crippen LogP contribution < -0.4 is 5.32 Å². The molecule has 0 aromatic rings. The minimum absolute atomic E-state index is 0.278. The van der Waals surface area contributed by atoms with E-state index in [9.17, 15) is 0 Å². The molecule has 2 heterocycles. The van der Waals surface area contributed by atoms with Crippen molar-refractivity contribution in [2.24, 2.45) is 0 Å². The van der Waals surface area contributed by atoms with Gasteiger partial charge in [-0.3, -0.25) is 4.90 Å². The zero-order chi connectivity index (χ0) is 9.97. The number of nitrogens with zero attached hydrogens (tertiary/aromatic N) is 1. The number of nitrogens with one attached hydrogen (secondary N) is 1. The molecule has 0 aromatic heterocycles. The van der Waals surface area contributed by atoms with Gasteiger partial charge in [0.25, 0.3) is 0 Å². The van der Waals surface area contributed by atoms with Crippen molar-refractivity contribution in [3.8, 4) is 0 Å². The zero-order valence-corrected chi connectivity index (χ0v) is 9.08. The summed E-state index contributed by atoms with van der Waals surface area (Å²) in [6, 6.07) is 1.70. The minimum Gasteiger partial charge on any atom is -0.395 e. The molecule has 14 heavy (non-hydrogen) atoms. The average Bonchev–Trinajstić information content (AvgIpc) is 2.77. The van der Waals surface area contributed by atoms with E-state index in [0.717, 1.165) is 12.5 Å². The average molecular weight is 198 g/mol. The van der Waals surface area contributed by atoms with Gasteiger partial charge in [-0.15, -0.1) is 0 Å². The molecule has 3 unspecified atom stereocenters. The van der Waals surface area contributed by atoms with E-state index in [1.54, 1.807) is 0 Å². The first-order valence-electron chi connectivity index (χ1n) is 5.96. The Morgan fingerprint density at radius 3 is 3.00 bits per heavy atom. The van der Waals surface area contributed by atoms with Crippen LogP contribution in [0.3, 0.4) is 0 Å². The Labute approximate surface area is 86.5 Å². The Hall–Kier alpha value is -0.120. The van der Waals surface area contributed by atoms with Crippen molar-refractivity contribution in [2.45, 2.75) is 50.7 Å². The zero-order valence-electron chi connectivity index (χ0n) is 9.08. The van der Waals surface area contributed by atoms with Crippen molar-refractivity contribution < 1.29 is 5.11 Å². The minimum atomic E-state index is 0.278. The summed E-state index contributed by atoms with van der Waals surface area (Å²) in [6.07, 6.45) is 5.00. The quantitative estimate of drug-likeness (QED) is 0.694. The first-order valence-corrected chi connectivity index (χ1v) is 5.96. The molecule has 0 amide bonds. The summed E-state index contributed by atoms with van der Waals surface area (Å²) in [6.45, 7) is 4.96. The lowest BCUT2D eigenvalue weighted by atomic mass is 10.0. The second-order valence-electron chi connectivity index (χ2n) is 4.60. The molecule has 2 N–H and O–H groups in total. The number of hydrogen-bond donors (Lipinski definition) is 2. The second-order valence-corrected chi connectivity index (χ2v) is 4.60. The van der Waals surface area contributed by atoms with Crippen LogP contribution in [0.5, 0.6) is 0 Å². The largest absolute Gasteiger partial charge is 0.395 e. The molecule has 2 rings (SSSR count). The van der Waals surface area contributed by atoms with Gasteiger partial charge in [0.2, 0.25) is 0 Å². The molecule has 0 radical (unpaired) electrons. The van der Waals surface area contributed by atoms with Crippen LogP contribution in [0.15, 0.2) is 0 Å². The van der Waals surface area contributed by atoms with Gasteiger partial charge in [-0.05, 0) is 32.2 Å². The summed E-state index contributed by atoms with van der Waals surface area (Å²) in [5.74, 6) is 0. The molecule has 0 aromatic carbocycles. The molecule has 3 heteroatoms.